The Morgan fingerprint density at radius 1 is 1.08 bits per heavy atom. The van der Waals surface area contributed by atoms with Gasteiger partial charge in [0.25, 0.3) is 0 Å². The van der Waals surface area contributed by atoms with Crippen molar-refractivity contribution in [1.82, 2.24) is 10.2 Å². The van der Waals surface area contributed by atoms with Crippen LogP contribution in [-0.4, -0.2) is 22.7 Å². The van der Waals surface area contributed by atoms with Crippen molar-refractivity contribution in [1.29, 1.82) is 0 Å². The molecule has 0 bridgehead atoms. The molecule has 5 nitrogen and oxygen atoms in total. The third-order valence-electron chi connectivity index (χ3n) is 4.48. The zero-order valence-electron chi connectivity index (χ0n) is 13.7. The molecule has 1 amide bonds. The molecule has 0 saturated heterocycles. The van der Waals surface area contributed by atoms with Gasteiger partial charge in [-0.05, 0) is 23.3 Å². The first kappa shape index (κ1) is 15.4. The van der Waals surface area contributed by atoms with Crippen LogP contribution in [0, 0.1) is 0 Å². The van der Waals surface area contributed by atoms with Crippen molar-refractivity contribution in [2.75, 3.05) is 11.9 Å². The van der Waals surface area contributed by atoms with Crippen molar-refractivity contribution < 1.29 is 9.53 Å². The van der Waals surface area contributed by atoms with Gasteiger partial charge in [0.2, 0.25) is 5.91 Å². The second-order valence-electron chi connectivity index (χ2n) is 6.16. The number of nitrogens with zero attached hydrogens (tertiary/aromatic N) is 1. The molecule has 0 saturated carbocycles. The molecule has 1 atom stereocenters. The van der Waals surface area contributed by atoms with Gasteiger partial charge in [-0.2, -0.15) is 5.10 Å². The molecule has 25 heavy (non-hydrogen) atoms. The first-order chi connectivity index (χ1) is 12.3. The molecule has 2 aromatic carbocycles. The minimum atomic E-state index is 0.00457. The summed E-state index contributed by atoms with van der Waals surface area (Å²) in [6.07, 6.45) is 3.09. The van der Waals surface area contributed by atoms with E-state index in [1.165, 1.54) is 5.56 Å². The second kappa shape index (κ2) is 6.81. The topological polar surface area (TPSA) is 67.0 Å². The van der Waals surface area contributed by atoms with E-state index in [1.54, 1.807) is 6.20 Å². The van der Waals surface area contributed by atoms with Gasteiger partial charge in [0.15, 0.2) is 0 Å². The maximum atomic E-state index is 11.9. The van der Waals surface area contributed by atoms with E-state index < -0.39 is 0 Å². The van der Waals surface area contributed by atoms with Gasteiger partial charge in [-0.15, -0.1) is 0 Å². The van der Waals surface area contributed by atoms with Crippen LogP contribution >= 0.6 is 0 Å². The highest BCUT2D eigenvalue weighted by molar-refractivity contribution is 5.94. The fraction of sp³-hybridized carbons (Fsp3) is 0.200. The zero-order chi connectivity index (χ0) is 17.1. The molecule has 0 fully saturated rings. The minimum absolute atomic E-state index is 0.00457. The quantitative estimate of drug-likeness (QED) is 0.751. The maximum Gasteiger partial charge on any atom is 0.226 e. The molecule has 3 aromatic rings. The highest BCUT2D eigenvalue weighted by Gasteiger charge is 2.27. The van der Waals surface area contributed by atoms with E-state index in [0.717, 1.165) is 23.3 Å². The SMILES string of the molecule is O=C1C[C@H](c2ccc(OCCc3ccccc3)cc2)c2cn[nH]c2N1. The van der Waals surface area contributed by atoms with Crippen molar-refractivity contribution in [2.24, 2.45) is 0 Å². The van der Waals surface area contributed by atoms with Crippen LogP contribution in [0.3, 0.4) is 0 Å². The van der Waals surface area contributed by atoms with E-state index in [2.05, 4.69) is 27.6 Å². The zero-order valence-corrected chi connectivity index (χ0v) is 13.7. The number of aromatic amines is 1. The Morgan fingerprint density at radius 2 is 1.88 bits per heavy atom. The molecule has 1 aliphatic heterocycles. The van der Waals surface area contributed by atoms with Gasteiger partial charge >= 0.3 is 0 Å². The Balaban J connectivity index is 1.42. The molecule has 5 heteroatoms. The van der Waals surface area contributed by atoms with Crippen LogP contribution in [0.1, 0.15) is 29.0 Å². The number of carbonyl (C=O) groups is 1. The number of rotatable bonds is 5. The van der Waals surface area contributed by atoms with Gasteiger partial charge in [-0.3, -0.25) is 9.89 Å². The number of hydrogen-bond donors (Lipinski definition) is 2. The molecule has 0 aliphatic carbocycles. The third-order valence-corrected chi connectivity index (χ3v) is 4.48. The standard InChI is InChI=1S/C20H19N3O2/c24-19-12-17(18-13-21-23-20(18)22-19)15-6-8-16(9-7-15)25-11-10-14-4-2-1-3-5-14/h1-9,13,17H,10-12H2,(H2,21,22,23,24)/t17-/m1/s1. The van der Waals surface area contributed by atoms with Crippen LogP contribution in [0.15, 0.2) is 60.8 Å². The summed E-state index contributed by atoms with van der Waals surface area (Å²) in [6, 6.07) is 18.3. The predicted molar refractivity (Wildman–Crippen MR) is 95.8 cm³/mol. The summed E-state index contributed by atoms with van der Waals surface area (Å²) < 4.78 is 5.83. The number of amides is 1. The average molecular weight is 333 g/mol. The van der Waals surface area contributed by atoms with Gasteiger partial charge in [0.05, 0.1) is 12.8 Å². The molecule has 2 heterocycles. The van der Waals surface area contributed by atoms with Crippen molar-refractivity contribution in [3.63, 3.8) is 0 Å². The maximum absolute atomic E-state index is 11.9. The lowest BCUT2D eigenvalue weighted by molar-refractivity contribution is -0.116. The van der Waals surface area contributed by atoms with Crippen molar-refractivity contribution in [3.05, 3.63) is 77.5 Å². The fourth-order valence-corrected chi connectivity index (χ4v) is 3.17. The van der Waals surface area contributed by atoms with E-state index in [9.17, 15) is 4.79 Å². The Kier molecular flexibility index (Phi) is 4.21. The molecular formula is C20H19N3O2. The third kappa shape index (κ3) is 3.40. The van der Waals surface area contributed by atoms with Gasteiger partial charge < -0.3 is 10.1 Å². The Hall–Kier alpha value is -3.08. The van der Waals surface area contributed by atoms with Crippen LogP contribution in [0.4, 0.5) is 5.82 Å². The lowest BCUT2D eigenvalue weighted by Gasteiger charge is -2.22. The molecule has 0 radical (unpaired) electrons. The molecule has 0 unspecified atom stereocenters. The van der Waals surface area contributed by atoms with Gasteiger partial charge in [-0.25, -0.2) is 0 Å². The smallest absolute Gasteiger partial charge is 0.226 e. The molecule has 2 N–H and O–H groups in total. The second-order valence-corrected chi connectivity index (χ2v) is 6.16. The number of anilines is 1. The fourth-order valence-electron chi connectivity index (χ4n) is 3.17. The summed E-state index contributed by atoms with van der Waals surface area (Å²) in [4.78, 5) is 11.9. The number of H-pyrrole nitrogens is 1. The van der Waals surface area contributed by atoms with Crippen molar-refractivity contribution >= 4 is 11.7 Å². The number of ether oxygens (including phenoxy) is 1. The Morgan fingerprint density at radius 3 is 2.68 bits per heavy atom. The van der Waals surface area contributed by atoms with Gasteiger partial charge in [0.1, 0.15) is 11.6 Å². The summed E-state index contributed by atoms with van der Waals surface area (Å²) in [5.41, 5.74) is 3.38. The summed E-state index contributed by atoms with van der Waals surface area (Å²) in [5, 5.41) is 9.69. The summed E-state index contributed by atoms with van der Waals surface area (Å²) >= 11 is 0. The van der Waals surface area contributed by atoms with E-state index in [0.29, 0.717) is 18.8 Å². The van der Waals surface area contributed by atoms with Crippen LogP contribution in [0.2, 0.25) is 0 Å². The lowest BCUT2D eigenvalue weighted by atomic mass is 9.87. The number of hydrogen-bond acceptors (Lipinski definition) is 3. The molecule has 4 rings (SSSR count). The lowest BCUT2D eigenvalue weighted by Crippen LogP contribution is -2.22. The van der Waals surface area contributed by atoms with Crippen LogP contribution < -0.4 is 10.1 Å². The highest BCUT2D eigenvalue weighted by Crippen LogP contribution is 2.36. The normalized spacial score (nSPS) is 16.2. The van der Waals surface area contributed by atoms with E-state index in [1.807, 2.05) is 42.5 Å². The largest absolute Gasteiger partial charge is 0.493 e. The van der Waals surface area contributed by atoms with Crippen molar-refractivity contribution in [2.45, 2.75) is 18.8 Å². The molecule has 1 aliphatic rings. The van der Waals surface area contributed by atoms with E-state index >= 15 is 0 Å². The summed E-state index contributed by atoms with van der Waals surface area (Å²) in [6.45, 7) is 0.640. The molecule has 1 aromatic heterocycles. The Labute approximate surface area is 146 Å². The Bertz CT molecular complexity index is 856. The first-order valence-electron chi connectivity index (χ1n) is 8.39. The summed E-state index contributed by atoms with van der Waals surface area (Å²) in [5.74, 6) is 1.57. The van der Waals surface area contributed by atoms with Crippen LogP contribution in [0.5, 0.6) is 5.75 Å². The van der Waals surface area contributed by atoms with Crippen LogP contribution in [-0.2, 0) is 11.2 Å². The van der Waals surface area contributed by atoms with E-state index in [4.69, 9.17) is 4.74 Å². The number of benzene rings is 2. The van der Waals surface area contributed by atoms with Crippen LogP contribution in [0.25, 0.3) is 0 Å². The number of carbonyl (C=O) groups excluding carboxylic acids is 1. The first-order valence-corrected chi connectivity index (χ1v) is 8.39. The monoisotopic (exact) mass is 333 g/mol. The summed E-state index contributed by atoms with van der Waals surface area (Å²) in [7, 11) is 0. The predicted octanol–water partition coefficient (Wildman–Crippen LogP) is 3.51. The number of nitrogens with one attached hydrogen (secondary N) is 2. The highest BCUT2D eigenvalue weighted by atomic mass is 16.5. The number of fused-ring (bicyclic) bond motifs is 1. The average Bonchev–Trinajstić information content (AvgIpc) is 3.11. The van der Waals surface area contributed by atoms with Gasteiger partial charge in [-0.1, -0.05) is 42.5 Å². The number of aromatic nitrogens is 2. The van der Waals surface area contributed by atoms with Crippen molar-refractivity contribution in [3.8, 4) is 5.75 Å². The minimum Gasteiger partial charge on any atom is -0.493 e. The molecule has 126 valence electrons. The molecule has 0 spiro atoms. The molecular weight excluding hydrogens is 314 g/mol. The van der Waals surface area contributed by atoms with Gasteiger partial charge in [0, 0.05) is 24.3 Å². The van der Waals surface area contributed by atoms with E-state index in [-0.39, 0.29) is 11.8 Å².